The number of likely N-dealkylation sites (N-methyl/N-ethyl adjacent to an activating group) is 1. The lowest BCUT2D eigenvalue weighted by molar-refractivity contribution is -0.120. The van der Waals surface area contributed by atoms with Gasteiger partial charge in [0.25, 0.3) is 0 Å². The van der Waals surface area contributed by atoms with Gasteiger partial charge in [-0.2, -0.15) is 0 Å². The van der Waals surface area contributed by atoms with Gasteiger partial charge in [0.05, 0.1) is 16.5 Å². The van der Waals surface area contributed by atoms with Gasteiger partial charge in [0.1, 0.15) is 0 Å². The number of carbonyl (C=O) groups excluding carboxylic acids is 1. The predicted molar refractivity (Wildman–Crippen MR) is 87.1 cm³/mol. The summed E-state index contributed by atoms with van der Waals surface area (Å²) < 4.78 is 0. The summed E-state index contributed by atoms with van der Waals surface area (Å²) in [6.07, 6.45) is 0.333. The number of benzene rings is 1. The Morgan fingerprint density at radius 2 is 1.90 bits per heavy atom. The molecule has 0 saturated carbocycles. The highest BCUT2D eigenvalue weighted by molar-refractivity contribution is 6.42. The van der Waals surface area contributed by atoms with Crippen molar-refractivity contribution in [3.63, 3.8) is 0 Å². The van der Waals surface area contributed by atoms with E-state index in [0.717, 1.165) is 38.3 Å². The predicted octanol–water partition coefficient (Wildman–Crippen LogP) is 1.90. The van der Waals surface area contributed by atoms with Crippen LogP contribution in [-0.4, -0.2) is 62.0 Å². The van der Waals surface area contributed by atoms with Gasteiger partial charge in [-0.05, 0) is 24.7 Å². The minimum absolute atomic E-state index is 0.0162. The summed E-state index contributed by atoms with van der Waals surface area (Å²) in [6.45, 7) is 5.91. The van der Waals surface area contributed by atoms with Gasteiger partial charge in [-0.25, -0.2) is 0 Å². The Balaban J connectivity index is 1.68. The van der Waals surface area contributed by atoms with E-state index in [4.69, 9.17) is 23.2 Å². The van der Waals surface area contributed by atoms with Crippen LogP contribution in [0.2, 0.25) is 10.0 Å². The molecule has 1 aliphatic heterocycles. The van der Waals surface area contributed by atoms with Crippen molar-refractivity contribution in [3.05, 3.63) is 33.8 Å². The summed E-state index contributed by atoms with van der Waals surface area (Å²) in [4.78, 5) is 16.6. The van der Waals surface area contributed by atoms with Crippen LogP contribution >= 0.6 is 23.2 Å². The van der Waals surface area contributed by atoms with Crippen molar-refractivity contribution >= 4 is 29.1 Å². The first kappa shape index (κ1) is 16.6. The molecule has 1 amide bonds. The van der Waals surface area contributed by atoms with Gasteiger partial charge in [0.15, 0.2) is 0 Å². The summed E-state index contributed by atoms with van der Waals surface area (Å²) in [5.41, 5.74) is 0.876. The van der Waals surface area contributed by atoms with Gasteiger partial charge in [0.2, 0.25) is 5.91 Å². The van der Waals surface area contributed by atoms with Crippen molar-refractivity contribution in [3.8, 4) is 0 Å². The Morgan fingerprint density at radius 1 is 1.19 bits per heavy atom. The van der Waals surface area contributed by atoms with Gasteiger partial charge < -0.3 is 10.2 Å². The fraction of sp³-hybridized carbons (Fsp3) is 0.533. The number of nitrogens with one attached hydrogen (secondary N) is 1. The number of halogens is 2. The van der Waals surface area contributed by atoms with Crippen molar-refractivity contribution in [2.45, 2.75) is 6.42 Å². The second-order valence-electron chi connectivity index (χ2n) is 5.42. The van der Waals surface area contributed by atoms with E-state index in [1.165, 1.54) is 0 Å². The Labute approximate surface area is 136 Å². The third-order valence-electron chi connectivity index (χ3n) is 3.69. The molecule has 0 spiro atoms. The molecule has 1 aromatic rings. The van der Waals surface area contributed by atoms with Crippen LogP contribution in [0.3, 0.4) is 0 Å². The van der Waals surface area contributed by atoms with Gasteiger partial charge in [-0.15, -0.1) is 0 Å². The fourth-order valence-electron chi connectivity index (χ4n) is 2.32. The lowest BCUT2D eigenvalue weighted by atomic mass is 10.1. The number of amides is 1. The van der Waals surface area contributed by atoms with Crippen LogP contribution in [0.15, 0.2) is 18.2 Å². The molecule has 0 atom stereocenters. The Kier molecular flexibility index (Phi) is 6.30. The maximum absolute atomic E-state index is 11.9. The molecule has 116 valence electrons. The zero-order chi connectivity index (χ0) is 15.2. The molecule has 1 N–H and O–H groups in total. The Morgan fingerprint density at radius 3 is 2.57 bits per heavy atom. The third kappa shape index (κ3) is 5.47. The molecule has 2 rings (SSSR count). The molecule has 0 aliphatic carbocycles. The average Bonchev–Trinajstić information content (AvgIpc) is 2.45. The van der Waals surface area contributed by atoms with Crippen molar-refractivity contribution < 1.29 is 4.79 Å². The molecular weight excluding hydrogens is 309 g/mol. The maximum atomic E-state index is 11.9. The van der Waals surface area contributed by atoms with E-state index in [1.54, 1.807) is 12.1 Å². The smallest absolute Gasteiger partial charge is 0.224 e. The Hall–Kier alpha value is -0.810. The van der Waals surface area contributed by atoms with E-state index in [9.17, 15) is 4.79 Å². The molecule has 21 heavy (non-hydrogen) atoms. The molecule has 1 aromatic carbocycles. The first-order chi connectivity index (χ1) is 10.0. The highest BCUT2D eigenvalue weighted by atomic mass is 35.5. The molecule has 1 heterocycles. The molecule has 0 aromatic heterocycles. The fourth-order valence-corrected chi connectivity index (χ4v) is 2.64. The standard InChI is InChI=1S/C15H21Cl2N3O/c1-19-6-8-20(9-7-19)5-4-18-15(21)11-12-2-3-13(16)14(17)10-12/h2-3,10H,4-9,11H2,1H3,(H,18,21). The van der Waals surface area contributed by atoms with Crippen LogP contribution in [0.5, 0.6) is 0 Å². The minimum Gasteiger partial charge on any atom is -0.355 e. The van der Waals surface area contributed by atoms with E-state index in [-0.39, 0.29) is 5.91 Å². The Bertz CT molecular complexity index is 488. The third-order valence-corrected chi connectivity index (χ3v) is 4.43. The van der Waals surface area contributed by atoms with Crippen LogP contribution in [0.1, 0.15) is 5.56 Å². The second-order valence-corrected chi connectivity index (χ2v) is 6.23. The van der Waals surface area contributed by atoms with Crippen LogP contribution in [0.4, 0.5) is 0 Å². The topological polar surface area (TPSA) is 35.6 Å². The number of hydrogen-bond acceptors (Lipinski definition) is 3. The second kappa shape index (κ2) is 7.99. The normalized spacial score (nSPS) is 16.9. The minimum atomic E-state index is 0.0162. The lowest BCUT2D eigenvalue weighted by Crippen LogP contribution is -2.47. The van der Waals surface area contributed by atoms with Crippen molar-refractivity contribution in [2.75, 3.05) is 46.3 Å². The summed E-state index contributed by atoms with van der Waals surface area (Å²) in [5.74, 6) is 0.0162. The van der Waals surface area contributed by atoms with Crippen LogP contribution in [-0.2, 0) is 11.2 Å². The first-order valence-corrected chi connectivity index (χ1v) is 7.92. The molecule has 1 saturated heterocycles. The van der Waals surface area contributed by atoms with Crippen molar-refractivity contribution in [1.82, 2.24) is 15.1 Å². The highest BCUT2D eigenvalue weighted by Crippen LogP contribution is 2.22. The van der Waals surface area contributed by atoms with Gasteiger partial charge in [0, 0.05) is 39.3 Å². The number of carbonyl (C=O) groups is 1. The van der Waals surface area contributed by atoms with E-state index in [2.05, 4.69) is 22.2 Å². The molecule has 4 nitrogen and oxygen atoms in total. The monoisotopic (exact) mass is 329 g/mol. The van der Waals surface area contributed by atoms with E-state index >= 15 is 0 Å². The number of nitrogens with zero attached hydrogens (tertiary/aromatic N) is 2. The summed E-state index contributed by atoms with van der Waals surface area (Å²) in [5, 5.41) is 3.95. The van der Waals surface area contributed by atoms with Crippen LogP contribution < -0.4 is 5.32 Å². The quantitative estimate of drug-likeness (QED) is 0.896. The van der Waals surface area contributed by atoms with Gasteiger partial charge >= 0.3 is 0 Å². The molecule has 6 heteroatoms. The van der Waals surface area contributed by atoms with E-state index < -0.39 is 0 Å². The zero-order valence-electron chi connectivity index (χ0n) is 12.2. The molecule has 0 unspecified atom stereocenters. The average molecular weight is 330 g/mol. The SMILES string of the molecule is CN1CCN(CCNC(=O)Cc2ccc(Cl)c(Cl)c2)CC1. The zero-order valence-corrected chi connectivity index (χ0v) is 13.8. The van der Waals surface area contributed by atoms with Gasteiger partial charge in [-0.3, -0.25) is 9.69 Å². The summed E-state index contributed by atoms with van der Waals surface area (Å²) >= 11 is 11.8. The summed E-state index contributed by atoms with van der Waals surface area (Å²) in [7, 11) is 2.14. The van der Waals surface area contributed by atoms with E-state index in [0.29, 0.717) is 23.0 Å². The highest BCUT2D eigenvalue weighted by Gasteiger charge is 2.13. The van der Waals surface area contributed by atoms with Gasteiger partial charge in [-0.1, -0.05) is 29.3 Å². The van der Waals surface area contributed by atoms with Crippen molar-refractivity contribution in [1.29, 1.82) is 0 Å². The molecule has 0 radical (unpaired) electrons. The molecule has 1 aliphatic rings. The molecule has 0 bridgehead atoms. The number of hydrogen-bond donors (Lipinski definition) is 1. The number of piperazine rings is 1. The molecule has 1 fully saturated rings. The first-order valence-electron chi connectivity index (χ1n) is 7.16. The van der Waals surface area contributed by atoms with E-state index in [1.807, 2.05) is 6.07 Å². The maximum Gasteiger partial charge on any atom is 0.224 e. The van der Waals surface area contributed by atoms with Crippen LogP contribution in [0.25, 0.3) is 0 Å². The largest absolute Gasteiger partial charge is 0.355 e. The van der Waals surface area contributed by atoms with Crippen LogP contribution in [0, 0.1) is 0 Å². The lowest BCUT2D eigenvalue weighted by Gasteiger charge is -2.32. The molecular formula is C15H21Cl2N3O. The van der Waals surface area contributed by atoms with Crippen molar-refractivity contribution in [2.24, 2.45) is 0 Å². The summed E-state index contributed by atoms with van der Waals surface area (Å²) in [6, 6.07) is 5.29. The number of rotatable bonds is 5.